The number of nitrogens with zero attached hydrogens (tertiary/aromatic N) is 1. The average molecular weight is 369 g/mol. The Bertz CT molecular complexity index is 557. The minimum atomic E-state index is -0.273. The predicted molar refractivity (Wildman–Crippen MR) is 97.2 cm³/mol. The Hall–Kier alpha value is -0.836. The van der Waals surface area contributed by atoms with Crippen LogP contribution >= 0.6 is 0 Å². The molecule has 0 radical (unpaired) electrons. The predicted octanol–water partition coefficient (Wildman–Crippen LogP) is 3.17. The van der Waals surface area contributed by atoms with Crippen LogP contribution in [0.5, 0.6) is 0 Å². The van der Waals surface area contributed by atoms with Crippen molar-refractivity contribution in [2.24, 2.45) is 0 Å². The van der Waals surface area contributed by atoms with E-state index in [9.17, 15) is 0 Å². The fourth-order valence-corrected chi connectivity index (χ4v) is 2.48. The normalized spacial score (nSPS) is 18.0. The van der Waals surface area contributed by atoms with Crippen LogP contribution in [-0.4, -0.2) is 37.3 Å². The van der Waals surface area contributed by atoms with E-state index in [-0.39, 0.29) is 35.4 Å². The number of hydrogen-bond acceptors (Lipinski definition) is 3. The van der Waals surface area contributed by atoms with Gasteiger partial charge in [0.1, 0.15) is 0 Å². The first kappa shape index (κ1) is 21.2. The molecule has 0 spiro atoms. The molecule has 0 saturated carbocycles. The summed E-state index contributed by atoms with van der Waals surface area (Å²) in [7, 11) is 3.89. The zero-order valence-electron chi connectivity index (χ0n) is 15.5. The first-order chi connectivity index (χ1) is 10.7. The molecule has 2 aromatic rings. The van der Waals surface area contributed by atoms with Gasteiger partial charge in [0.15, 0.2) is 0 Å². The Morgan fingerprint density at radius 1 is 1.00 bits per heavy atom. The first-order valence-electron chi connectivity index (χ1n) is 8.14. The van der Waals surface area contributed by atoms with E-state index in [1.807, 2.05) is 30.3 Å². The summed E-state index contributed by atoms with van der Waals surface area (Å²) in [6, 6.07) is 16.3. The average Bonchev–Trinajstić information content (AvgIpc) is 3.12. The van der Waals surface area contributed by atoms with E-state index in [2.05, 4.69) is 64.9 Å². The summed E-state index contributed by atoms with van der Waals surface area (Å²) >= 11 is 0. The van der Waals surface area contributed by atoms with E-state index < -0.39 is 0 Å². The Morgan fingerprint density at radius 2 is 1.46 bits per heavy atom. The van der Waals surface area contributed by atoms with Crippen molar-refractivity contribution >= 4 is 12.6 Å². The molecule has 0 unspecified atom stereocenters. The fourth-order valence-electron chi connectivity index (χ4n) is 2.48. The summed E-state index contributed by atoms with van der Waals surface area (Å²) in [5, 5.41) is 0. The topological polar surface area (TPSA) is 21.7 Å². The second-order valence-electron chi connectivity index (χ2n) is 7.29. The van der Waals surface area contributed by atoms with Gasteiger partial charge in [-0.2, -0.15) is 11.6 Å². The molecule has 3 rings (SSSR count). The minimum Gasteiger partial charge on any atom is -0.748 e. The molecule has 138 valence electrons. The molecule has 0 aromatic heterocycles. The van der Waals surface area contributed by atoms with E-state index in [1.165, 1.54) is 5.56 Å². The van der Waals surface area contributed by atoms with Crippen LogP contribution in [0.3, 0.4) is 0 Å². The van der Waals surface area contributed by atoms with Crippen LogP contribution in [0.1, 0.15) is 33.3 Å². The van der Waals surface area contributed by atoms with E-state index >= 15 is 0 Å². The van der Waals surface area contributed by atoms with E-state index in [4.69, 9.17) is 9.31 Å². The summed E-state index contributed by atoms with van der Waals surface area (Å²) in [5.74, 6) is 0. The van der Waals surface area contributed by atoms with Gasteiger partial charge in [-0.05, 0) is 48.3 Å². The molecule has 0 aliphatic carbocycles. The van der Waals surface area contributed by atoms with Gasteiger partial charge in [0.25, 0.3) is 0 Å². The third-order valence-corrected chi connectivity index (χ3v) is 4.49. The molecular weight excluding hydrogens is 341 g/mol. The molecule has 1 saturated heterocycles. The molecule has 24 heavy (non-hydrogen) atoms. The van der Waals surface area contributed by atoms with Gasteiger partial charge in [0, 0.05) is 17.1 Å². The second-order valence-corrected chi connectivity index (χ2v) is 7.29. The van der Waals surface area contributed by atoms with Crippen molar-refractivity contribution in [3.63, 3.8) is 0 Å². The zero-order chi connectivity index (χ0) is 17.1. The van der Waals surface area contributed by atoms with Crippen LogP contribution in [-0.2, 0) is 32.9 Å². The largest absolute Gasteiger partial charge is 0.748 e. The SMILES string of the molecule is CN(C)Cc1ccc[c-]1B1OC(C)(C)C(C)(C)O1.[Fe].[cH-]1[cH-][cH-][cH-][cH-]1. The summed E-state index contributed by atoms with van der Waals surface area (Å²) in [6.45, 7) is 9.25. The third kappa shape index (κ3) is 5.08. The van der Waals surface area contributed by atoms with Crippen LogP contribution in [0.25, 0.3) is 0 Å². The maximum absolute atomic E-state index is 6.09. The van der Waals surface area contributed by atoms with Crippen molar-refractivity contribution in [2.75, 3.05) is 14.1 Å². The summed E-state index contributed by atoms with van der Waals surface area (Å²) in [5.41, 5.74) is 1.88. The van der Waals surface area contributed by atoms with Crippen LogP contribution in [0, 0.1) is 0 Å². The maximum Gasteiger partial charge on any atom is 0.419 e. The molecule has 2 aromatic carbocycles. The van der Waals surface area contributed by atoms with Crippen molar-refractivity contribution in [1.29, 1.82) is 0 Å². The van der Waals surface area contributed by atoms with Gasteiger partial charge in [0.05, 0.1) is 11.2 Å². The van der Waals surface area contributed by atoms with Crippen molar-refractivity contribution in [3.8, 4) is 0 Å². The molecule has 0 bridgehead atoms. The number of rotatable bonds is 3. The Kier molecular flexibility index (Phi) is 7.52. The quantitative estimate of drug-likeness (QED) is 0.613. The van der Waals surface area contributed by atoms with Crippen LogP contribution in [0.2, 0.25) is 0 Å². The smallest absolute Gasteiger partial charge is 0.419 e. The van der Waals surface area contributed by atoms with Gasteiger partial charge in [-0.1, -0.05) is 0 Å². The molecule has 3 nitrogen and oxygen atoms in total. The van der Waals surface area contributed by atoms with Crippen molar-refractivity contribution in [2.45, 2.75) is 45.4 Å². The van der Waals surface area contributed by atoms with Crippen LogP contribution in [0.4, 0.5) is 0 Å². The summed E-state index contributed by atoms with van der Waals surface area (Å²) < 4.78 is 12.2. The number of hydrogen-bond donors (Lipinski definition) is 0. The molecule has 0 N–H and O–H groups in total. The summed E-state index contributed by atoms with van der Waals surface area (Å²) in [4.78, 5) is 2.16. The van der Waals surface area contributed by atoms with Gasteiger partial charge < -0.3 is 44.5 Å². The van der Waals surface area contributed by atoms with Crippen molar-refractivity contribution < 1.29 is 26.4 Å². The van der Waals surface area contributed by atoms with E-state index in [0.29, 0.717) is 0 Å². The maximum atomic E-state index is 6.09. The second kappa shape index (κ2) is 8.51. The van der Waals surface area contributed by atoms with Crippen LogP contribution < -0.4 is 5.46 Å². The van der Waals surface area contributed by atoms with Crippen LogP contribution in [0.15, 0.2) is 48.5 Å². The molecule has 1 fully saturated rings. The van der Waals surface area contributed by atoms with Gasteiger partial charge in [-0.25, -0.2) is 12.1 Å². The van der Waals surface area contributed by atoms with Gasteiger partial charge in [0.2, 0.25) is 0 Å². The monoisotopic (exact) mass is 369 g/mol. The molecule has 1 aliphatic rings. The molecule has 5 heteroatoms. The van der Waals surface area contributed by atoms with E-state index in [0.717, 1.165) is 12.0 Å². The summed E-state index contributed by atoms with van der Waals surface area (Å²) in [6.07, 6.45) is 0. The van der Waals surface area contributed by atoms with Gasteiger partial charge in [-0.15, -0.1) is 5.46 Å². The molecule has 1 heterocycles. The Morgan fingerprint density at radius 3 is 1.88 bits per heavy atom. The third-order valence-electron chi connectivity index (χ3n) is 4.49. The molecule has 1 aliphatic heterocycles. The van der Waals surface area contributed by atoms with Crippen molar-refractivity contribution in [1.82, 2.24) is 4.90 Å². The molecule has 0 amide bonds. The standard InChI is InChI=1S/C14H23BNO2.C5H5.Fe/c1-13(2)14(3,4)18-15(17-13)12-9-7-8-11(12)10-16(5)6;1-2-4-5-3-1;/h7-9H,10H2,1-6H3;1-5H;/q-1;-5;. The van der Waals surface area contributed by atoms with Gasteiger partial charge >= 0.3 is 7.12 Å². The minimum absolute atomic E-state index is 0. The molecular formula is C19H28BFeNO2-6. The fraction of sp³-hybridized carbons (Fsp3) is 0.474. The van der Waals surface area contributed by atoms with Gasteiger partial charge in [-0.3, -0.25) is 0 Å². The van der Waals surface area contributed by atoms with E-state index in [1.54, 1.807) is 0 Å². The van der Waals surface area contributed by atoms with Crippen molar-refractivity contribution in [3.05, 3.63) is 54.1 Å². The first-order valence-corrected chi connectivity index (χ1v) is 8.14. The molecule has 0 atom stereocenters. The zero-order valence-corrected chi connectivity index (χ0v) is 16.6. The Labute approximate surface area is 157 Å². The Balaban J connectivity index is 0.000000412.